The Morgan fingerprint density at radius 3 is 1.57 bits per heavy atom. The van der Waals surface area contributed by atoms with Crippen LogP contribution < -0.4 is 0 Å². The van der Waals surface area contributed by atoms with Crippen LogP contribution >= 0.6 is 0 Å². The second-order valence-electron chi connectivity index (χ2n) is 17.9. The summed E-state index contributed by atoms with van der Waals surface area (Å²) >= 11 is 0. The summed E-state index contributed by atoms with van der Waals surface area (Å²) in [6.45, 7) is 18.8. The average Bonchev–Trinajstić information content (AvgIpc) is 3.12. The van der Waals surface area contributed by atoms with Crippen molar-refractivity contribution in [3.63, 3.8) is 0 Å². The number of hydrogen-bond donors (Lipinski definition) is 1. The van der Waals surface area contributed by atoms with Crippen LogP contribution in [0, 0.1) is 10.8 Å². The van der Waals surface area contributed by atoms with Gasteiger partial charge in [-0.15, -0.1) is 0 Å². The van der Waals surface area contributed by atoms with Gasteiger partial charge in [-0.2, -0.15) is 0 Å². The summed E-state index contributed by atoms with van der Waals surface area (Å²) in [5.74, 6) is -0.0562. The summed E-state index contributed by atoms with van der Waals surface area (Å²) in [7, 11) is 0. The highest BCUT2D eigenvalue weighted by Crippen LogP contribution is 2.30. The predicted octanol–water partition coefficient (Wildman–Crippen LogP) is 13.6. The Morgan fingerprint density at radius 1 is 0.547 bits per heavy atom. The standard InChI is InChI=1S/C47H93NO5/c1-8-11-14-17-20-25-30-42-52-45(51)47(6,7)36-28-23-24-29-38-48(40-41-49)39-31-35-46(4,5)37-34-44(50)53-43(32-26-21-18-15-12-9-2)33-27-22-19-16-13-10-3/h43,49H,8-42H2,1-7H3. The Kier molecular flexibility index (Phi) is 34.5. The molecule has 0 saturated heterocycles. The van der Waals surface area contributed by atoms with Crippen LogP contribution in [0.2, 0.25) is 0 Å². The van der Waals surface area contributed by atoms with Crippen molar-refractivity contribution in [1.29, 1.82) is 0 Å². The normalized spacial score (nSPS) is 12.3. The van der Waals surface area contributed by atoms with Crippen molar-refractivity contribution in [2.24, 2.45) is 10.8 Å². The van der Waals surface area contributed by atoms with Gasteiger partial charge in [0, 0.05) is 13.0 Å². The number of nitrogens with zero attached hydrogens (tertiary/aromatic N) is 1. The number of rotatable bonds is 40. The van der Waals surface area contributed by atoms with Gasteiger partial charge in [0.1, 0.15) is 6.10 Å². The molecule has 0 radical (unpaired) electrons. The predicted molar refractivity (Wildman–Crippen MR) is 227 cm³/mol. The summed E-state index contributed by atoms with van der Waals surface area (Å²) in [6, 6.07) is 0. The lowest BCUT2D eigenvalue weighted by molar-refractivity contribution is -0.154. The number of carbonyl (C=O) groups excluding carboxylic acids is 2. The van der Waals surface area contributed by atoms with Gasteiger partial charge in [0.15, 0.2) is 0 Å². The van der Waals surface area contributed by atoms with Crippen LogP contribution in [0.5, 0.6) is 0 Å². The van der Waals surface area contributed by atoms with E-state index in [-0.39, 0.29) is 30.1 Å². The highest BCUT2D eigenvalue weighted by Gasteiger charge is 2.28. The number of aliphatic hydroxyl groups is 1. The Hall–Kier alpha value is -1.14. The van der Waals surface area contributed by atoms with Crippen molar-refractivity contribution >= 4 is 11.9 Å². The Morgan fingerprint density at radius 2 is 1.02 bits per heavy atom. The topological polar surface area (TPSA) is 76.1 Å². The monoisotopic (exact) mass is 752 g/mol. The van der Waals surface area contributed by atoms with Gasteiger partial charge in [-0.25, -0.2) is 0 Å². The van der Waals surface area contributed by atoms with Gasteiger partial charge >= 0.3 is 11.9 Å². The molecular weight excluding hydrogens is 659 g/mol. The van der Waals surface area contributed by atoms with E-state index in [1.807, 2.05) is 13.8 Å². The molecule has 0 unspecified atom stereocenters. The van der Waals surface area contributed by atoms with Gasteiger partial charge in [-0.05, 0) is 96.6 Å². The van der Waals surface area contributed by atoms with Crippen LogP contribution in [0.25, 0.3) is 0 Å². The maximum Gasteiger partial charge on any atom is 0.311 e. The van der Waals surface area contributed by atoms with Crippen LogP contribution in [-0.4, -0.2) is 60.9 Å². The largest absolute Gasteiger partial charge is 0.465 e. The quantitative estimate of drug-likeness (QED) is 0.0496. The van der Waals surface area contributed by atoms with E-state index in [9.17, 15) is 14.7 Å². The van der Waals surface area contributed by atoms with E-state index in [1.165, 1.54) is 109 Å². The second-order valence-corrected chi connectivity index (χ2v) is 17.9. The molecule has 0 aromatic rings. The SMILES string of the molecule is CCCCCCCCCOC(=O)C(C)(C)CCCCCCN(CCO)CCCC(C)(C)CCC(=O)OC(CCCCCCCC)CCCCCCCC. The summed E-state index contributed by atoms with van der Waals surface area (Å²) in [4.78, 5) is 28.1. The zero-order valence-corrected chi connectivity index (χ0v) is 36.9. The number of unbranched alkanes of at least 4 members (excludes halogenated alkanes) is 19. The number of hydrogen-bond acceptors (Lipinski definition) is 6. The van der Waals surface area contributed by atoms with Gasteiger partial charge in [-0.3, -0.25) is 9.59 Å². The molecule has 6 nitrogen and oxygen atoms in total. The fourth-order valence-electron chi connectivity index (χ4n) is 7.41. The Balaban J connectivity index is 4.39. The smallest absolute Gasteiger partial charge is 0.311 e. The third-order valence-corrected chi connectivity index (χ3v) is 11.4. The molecule has 0 aliphatic rings. The molecule has 0 amide bonds. The van der Waals surface area contributed by atoms with Crippen molar-refractivity contribution < 1.29 is 24.2 Å². The molecule has 0 saturated carbocycles. The molecule has 0 aromatic heterocycles. The van der Waals surface area contributed by atoms with E-state index in [4.69, 9.17) is 9.47 Å². The van der Waals surface area contributed by atoms with E-state index < -0.39 is 5.41 Å². The molecule has 0 bridgehead atoms. The van der Waals surface area contributed by atoms with Crippen LogP contribution in [0.15, 0.2) is 0 Å². The van der Waals surface area contributed by atoms with Gasteiger partial charge in [-0.1, -0.05) is 157 Å². The van der Waals surface area contributed by atoms with Crippen molar-refractivity contribution in [3.8, 4) is 0 Å². The molecule has 0 spiro atoms. The third kappa shape index (κ3) is 32.8. The van der Waals surface area contributed by atoms with E-state index >= 15 is 0 Å². The first kappa shape index (κ1) is 51.9. The van der Waals surface area contributed by atoms with Gasteiger partial charge in [0.25, 0.3) is 0 Å². The van der Waals surface area contributed by atoms with E-state index in [0.717, 1.165) is 90.1 Å². The zero-order chi connectivity index (χ0) is 39.5. The lowest BCUT2D eigenvalue weighted by atomic mass is 9.83. The van der Waals surface area contributed by atoms with Gasteiger partial charge < -0.3 is 19.5 Å². The molecule has 0 aromatic carbocycles. The van der Waals surface area contributed by atoms with E-state index in [2.05, 4.69) is 39.5 Å². The molecule has 53 heavy (non-hydrogen) atoms. The maximum atomic E-state index is 13.0. The lowest BCUT2D eigenvalue weighted by Crippen LogP contribution is -2.30. The first-order chi connectivity index (χ1) is 25.5. The van der Waals surface area contributed by atoms with E-state index in [1.54, 1.807) is 0 Å². The molecule has 0 atom stereocenters. The highest BCUT2D eigenvalue weighted by molar-refractivity contribution is 5.75. The minimum absolute atomic E-state index is 0.00859. The summed E-state index contributed by atoms with van der Waals surface area (Å²) in [5, 5.41) is 9.70. The molecule has 0 rings (SSSR count). The maximum absolute atomic E-state index is 13.0. The number of carbonyl (C=O) groups is 2. The molecular formula is C47H93NO5. The fourth-order valence-corrected chi connectivity index (χ4v) is 7.41. The molecule has 316 valence electrons. The molecule has 6 heteroatoms. The second kappa shape index (κ2) is 35.3. The van der Waals surface area contributed by atoms with Crippen LogP contribution in [-0.2, 0) is 19.1 Å². The van der Waals surface area contributed by atoms with Crippen molar-refractivity contribution in [1.82, 2.24) is 4.90 Å². The number of aliphatic hydroxyl groups excluding tert-OH is 1. The minimum Gasteiger partial charge on any atom is -0.465 e. The van der Waals surface area contributed by atoms with Crippen LogP contribution in [0.3, 0.4) is 0 Å². The Bertz CT molecular complexity index is 812. The van der Waals surface area contributed by atoms with Gasteiger partial charge in [0.05, 0.1) is 18.6 Å². The first-order valence-corrected chi connectivity index (χ1v) is 23.2. The molecule has 0 heterocycles. The molecule has 1 N–H and O–H groups in total. The van der Waals surface area contributed by atoms with Crippen molar-refractivity contribution in [2.45, 2.75) is 247 Å². The first-order valence-electron chi connectivity index (χ1n) is 23.2. The van der Waals surface area contributed by atoms with Crippen LogP contribution in [0.1, 0.15) is 241 Å². The number of ether oxygens (including phenoxy) is 2. The zero-order valence-electron chi connectivity index (χ0n) is 36.9. The molecule has 0 fully saturated rings. The lowest BCUT2D eigenvalue weighted by Gasteiger charge is -2.27. The van der Waals surface area contributed by atoms with E-state index in [0.29, 0.717) is 19.6 Å². The molecule has 0 aliphatic carbocycles. The van der Waals surface area contributed by atoms with Gasteiger partial charge in [0.2, 0.25) is 0 Å². The fraction of sp³-hybridized carbons (Fsp3) is 0.957. The molecule has 0 aliphatic heterocycles. The van der Waals surface area contributed by atoms with Crippen molar-refractivity contribution in [3.05, 3.63) is 0 Å². The summed E-state index contributed by atoms with van der Waals surface area (Å²) in [5.41, 5.74) is -0.337. The van der Waals surface area contributed by atoms with Crippen molar-refractivity contribution in [2.75, 3.05) is 32.8 Å². The third-order valence-electron chi connectivity index (χ3n) is 11.4. The Labute approximate surface area is 331 Å². The summed E-state index contributed by atoms with van der Waals surface area (Å²) in [6.07, 6.45) is 34.7. The minimum atomic E-state index is -0.420. The highest BCUT2D eigenvalue weighted by atomic mass is 16.5. The summed E-state index contributed by atoms with van der Waals surface area (Å²) < 4.78 is 11.7. The number of esters is 2. The van der Waals surface area contributed by atoms with Crippen LogP contribution in [0.4, 0.5) is 0 Å². The average molecular weight is 752 g/mol.